The third kappa shape index (κ3) is 1.35. The lowest BCUT2D eigenvalue weighted by Crippen LogP contribution is -2.29. The molecule has 0 saturated heterocycles. The average molecular weight is 231 g/mol. The van der Waals surface area contributed by atoms with Crippen LogP contribution in [0.5, 0.6) is 0 Å². The lowest BCUT2D eigenvalue weighted by molar-refractivity contribution is 0.404. The molecule has 5 atom stereocenters. The second-order valence-electron chi connectivity index (χ2n) is 6.39. The van der Waals surface area contributed by atoms with Gasteiger partial charge in [0.05, 0.1) is 0 Å². The topological polar surface area (TPSA) is 43.8 Å². The minimum Gasteiger partial charge on any atom is -0.338 e. The molecule has 92 valence electrons. The molecule has 5 unspecified atom stereocenters. The Labute approximate surface area is 102 Å². The van der Waals surface area contributed by atoms with Crippen LogP contribution in [0.1, 0.15) is 25.1 Å². The summed E-state index contributed by atoms with van der Waals surface area (Å²) in [7, 11) is 2.06. The van der Waals surface area contributed by atoms with Crippen molar-refractivity contribution in [2.24, 2.45) is 42.4 Å². The first-order chi connectivity index (χ1) is 8.25. The molecule has 3 heteroatoms. The van der Waals surface area contributed by atoms with E-state index >= 15 is 0 Å². The minimum atomic E-state index is 0.342. The molecule has 0 aliphatic heterocycles. The van der Waals surface area contributed by atoms with E-state index in [0.717, 1.165) is 41.8 Å². The van der Waals surface area contributed by atoms with Crippen LogP contribution < -0.4 is 5.73 Å². The van der Waals surface area contributed by atoms with E-state index in [1.54, 1.807) is 0 Å². The van der Waals surface area contributed by atoms with E-state index in [0.29, 0.717) is 6.04 Å². The van der Waals surface area contributed by atoms with Crippen LogP contribution in [0.4, 0.5) is 0 Å². The van der Waals surface area contributed by atoms with Crippen LogP contribution >= 0.6 is 0 Å². The summed E-state index contributed by atoms with van der Waals surface area (Å²) >= 11 is 0. The van der Waals surface area contributed by atoms with E-state index in [-0.39, 0.29) is 0 Å². The van der Waals surface area contributed by atoms with E-state index < -0.39 is 0 Å². The Morgan fingerprint density at radius 1 is 1.41 bits per heavy atom. The van der Waals surface area contributed by atoms with Crippen molar-refractivity contribution in [1.29, 1.82) is 0 Å². The Morgan fingerprint density at radius 3 is 2.71 bits per heavy atom. The number of nitrogens with zero attached hydrogens (tertiary/aromatic N) is 2. The van der Waals surface area contributed by atoms with Crippen molar-refractivity contribution in [3.05, 3.63) is 18.2 Å². The molecule has 0 spiro atoms. The second kappa shape index (κ2) is 3.35. The molecule has 0 aromatic carbocycles. The molecule has 0 radical (unpaired) electrons. The van der Waals surface area contributed by atoms with E-state index in [9.17, 15) is 0 Å². The molecular formula is C14H21N3. The van der Waals surface area contributed by atoms with Crippen molar-refractivity contribution in [3.63, 3.8) is 0 Å². The van der Waals surface area contributed by atoms with Crippen LogP contribution in [0.15, 0.2) is 12.4 Å². The number of fused-ring (bicyclic) bond motifs is 5. The number of imidazole rings is 1. The molecule has 3 nitrogen and oxygen atoms in total. The van der Waals surface area contributed by atoms with Gasteiger partial charge in [0, 0.05) is 31.9 Å². The van der Waals surface area contributed by atoms with Gasteiger partial charge >= 0.3 is 0 Å². The second-order valence-corrected chi connectivity index (χ2v) is 6.39. The van der Waals surface area contributed by atoms with Gasteiger partial charge in [-0.1, -0.05) is 0 Å². The molecule has 3 aliphatic carbocycles. The third-order valence-electron chi connectivity index (χ3n) is 5.63. The maximum atomic E-state index is 6.43. The zero-order valence-electron chi connectivity index (χ0n) is 10.4. The quantitative estimate of drug-likeness (QED) is 0.858. The molecule has 1 heterocycles. The molecule has 0 amide bonds. The smallest absolute Gasteiger partial charge is 0.109 e. The third-order valence-corrected chi connectivity index (χ3v) is 5.63. The van der Waals surface area contributed by atoms with Crippen molar-refractivity contribution in [2.75, 3.05) is 0 Å². The zero-order valence-corrected chi connectivity index (χ0v) is 10.4. The van der Waals surface area contributed by atoms with Gasteiger partial charge in [-0.2, -0.15) is 0 Å². The zero-order chi connectivity index (χ0) is 11.6. The van der Waals surface area contributed by atoms with Gasteiger partial charge < -0.3 is 10.3 Å². The number of rotatable bonds is 3. The molecule has 2 N–H and O–H groups in total. The molecular weight excluding hydrogens is 210 g/mol. The molecule has 4 rings (SSSR count). The summed E-state index contributed by atoms with van der Waals surface area (Å²) < 4.78 is 2.10. The van der Waals surface area contributed by atoms with Crippen molar-refractivity contribution < 1.29 is 0 Å². The summed E-state index contributed by atoms with van der Waals surface area (Å²) in [5, 5.41) is 0. The average Bonchev–Trinajstić information content (AvgIpc) is 2.64. The summed E-state index contributed by atoms with van der Waals surface area (Å²) in [5.41, 5.74) is 6.43. The number of nitrogens with two attached hydrogens (primary N) is 1. The standard InChI is InChI=1S/C14H21N3/c1-17-5-4-16-11(17)7-10(15)14-12-8-2-3-9(6-8)13(12)14/h4-5,8-10,12-14H,2-3,6-7,15H2,1H3. The highest BCUT2D eigenvalue weighted by Crippen LogP contribution is 2.70. The lowest BCUT2D eigenvalue weighted by Gasteiger charge is -2.15. The van der Waals surface area contributed by atoms with E-state index in [4.69, 9.17) is 5.73 Å². The fourth-order valence-electron chi connectivity index (χ4n) is 4.90. The Hall–Kier alpha value is -0.830. The first kappa shape index (κ1) is 10.1. The number of hydrogen-bond acceptors (Lipinski definition) is 2. The summed E-state index contributed by atoms with van der Waals surface area (Å²) in [6.07, 6.45) is 9.33. The summed E-state index contributed by atoms with van der Waals surface area (Å²) in [6.45, 7) is 0. The van der Waals surface area contributed by atoms with Gasteiger partial charge in [0.15, 0.2) is 0 Å². The summed E-state index contributed by atoms with van der Waals surface area (Å²) in [5.74, 6) is 6.01. The summed E-state index contributed by atoms with van der Waals surface area (Å²) in [4.78, 5) is 4.40. The van der Waals surface area contributed by atoms with Crippen molar-refractivity contribution in [2.45, 2.75) is 31.7 Å². The number of hydrogen-bond donors (Lipinski definition) is 1. The molecule has 3 fully saturated rings. The normalized spacial score (nSPS) is 43.8. The Bertz CT molecular complexity index is 422. The monoisotopic (exact) mass is 231 g/mol. The van der Waals surface area contributed by atoms with Crippen molar-refractivity contribution in [1.82, 2.24) is 9.55 Å². The minimum absolute atomic E-state index is 0.342. The van der Waals surface area contributed by atoms with E-state index in [1.807, 2.05) is 12.4 Å². The Morgan fingerprint density at radius 2 is 2.12 bits per heavy atom. The van der Waals surface area contributed by atoms with Gasteiger partial charge in [-0.3, -0.25) is 0 Å². The fraction of sp³-hybridized carbons (Fsp3) is 0.786. The highest BCUT2D eigenvalue weighted by Gasteiger charge is 2.66. The van der Waals surface area contributed by atoms with Gasteiger partial charge in [-0.05, 0) is 48.9 Å². The SMILES string of the molecule is Cn1ccnc1CC(N)C1C2C3CCC(C3)C12. The number of aromatic nitrogens is 2. The molecule has 17 heavy (non-hydrogen) atoms. The lowest BCUT2D eigenvalue weighted by atomic mass is 9.96. The highest BCUT2D eigenvalue weighted by molar-refractivity contribution is 5.16. The molecule has 1 aromatic heterocycles. The van der Waals surface area contributed by atoms with Crippen LogP contribution in [-0.4, -0.2) is 15.6 Å². The van der Waals surface area contributed by atoms with E-state index in [2.05, 4.69) is 16.6 Å². The van der Waals surface area contributed by atoms with E-state index in [1.165, 1.54) is 19.3 Å². The van der Waals surface area contributed by atoms with Crippen LogP contribution in [0.2, 0.25) is 0 Å². The van der Waals surface area contributed by atoms with Gasteiger partial charge in [0.1, 0.15) is 5.82 Å². The Kier molecular flexibility index (Phi) is 1.99. The van der Waals surface area contributed by atoms with Gasteiger partial charge in [-0.25, -0.2) is 4.98 Å². The molecule has 1 aromatic rings. The maximum Gasteiger partial charge on any atom is 0.109 e. The van der Waals surface area contributed by atoms with Gasteiger partial charge in [-0.15, -0.1) is 0 Å². The predicted molar refractivity (Wildman–Crippen MR) is 66.2 cm³/mol. The fourth-order valence-corrected chi connectivity index (χ4v) is 4.90. The molecule has 2 bridgehead atoms. The molecule has 3 saturated carbocycles. The van der Waals surface area contributed by atoms with Crippen LogP contribution in [0.25, 0.3) is 0 Å². The van der Waals surface area contributed by atoms with Gasteiger partial charge in [0.2, 0.25) is 0 Å². The number of aryl methyl sites for hydroxylation is 1. The largest absolute Gasteiger partial charge is 0.338 e. The van der Waals surface area contributed by atoms with Gasteiger partial charge in [0.25, 0.3) is 0 Å². The van der Waals surface area contributed by atoms with Crippen LogP contribution in [0, 0.1) is 29.6 Å². The first-order valence-electron chi connectivity index (χ1n) is 6.97. The van der Waals surface area contributed by atoms with Crippen LogP contribution in [0.3, 0.4) is 0 Å². The summed E-state index contributed by atoms with van der Waals surface area (Å²) in [6, 6.07) is 0.342. The Balaban J connectivity index is 1.46. The van der Waals surface area contributed by atoms with Crippen molar-refractivity contribution >= 4 is 0 Å². The first-order valence-corrected chi connectivity index (χ1v) is 6.97. The van der Waals surface area contributed by atoms with Crippen molar-refractivity contribution in [3.8, 4) is 0 Å². The highest BCUT2D eigenvalue weighted by atomic mass is 15.0. The van der Waals surface area contributed by atoms with Crippen LogP contribution in [-0.2, 0) is 13.5 Å². The maximum absolute atomic E-state index is 6.43. The predicted octanol–water partition coefficient (Wildman–Crippen LogP) is 1.58. The molecule has 3 aliphatic rings.